The fourth-order valence-corrected chi connectivity index (χ4v) is 5.31. The van der Waals surface area contributed by atoms with E-state index in [-0.39, 0.29) is 10.7 Å². The van der Waals surface area contributed by atoms with Gasteiger partial charge in [0.05, 0.1) is 29.4 Å². The SMILES string of the molecule is Cc1cc(C)n2nc(C)c(C(=O)CCc3ccc(S(=O)(=O)N4CCOCC4)cc3)c2n1. The van der Waals surface area contributed by atoms with Crippen molar-refractivity contribution in [2.24, 2.45) is 0 Å². The first-order valence-corrected chi connectivity index (χ1v) is 11.7. The number of carbonyl (C=O) groups excluding carboxylic acids is 1. The number of hydrogen-bond donors (Lipinski definition) is 0. The van der Waals surface area contributed by atoms with E-state index in [0.29, 0.717) is 56.0 Å². The van der Waals surface area contributed by atoms with Crippen molar-refractivity contribution in [1.29, 1.82) is 0 Å². The number of ether oxygens (including phenoxy) is 1. The molecule has 0 spiro atoms. The Balaban J connectivity index is 1.48. The third kappa shape index (κ3) is 4.26. The number of rotatable bonds is 6. The molecule has 0 radical (unpaired) electrons. The molecule has 164 valence electrons. The quantitative estimate of drug-likeness (QED) is 0.545. The van der Waals surface area contributed by atoms with Crippen LogP contribution in [0, 0.1) is 20.8 Å². The van der Waals surface area contributed by atoms with Gasteiger partial charge in [-0.15, -0.1) is 0 Å². The van der Waals surface area contributed by atoms with E-state index in [9.17, 15) is 13.2 Å². The molecule has 1 aliphatic rings. The van der Waals surface area contributed by atoms with E-state index in [0.717, 1.165) is 17.0 Å². The summed E-state index contributed by atoms with van der Waals surface area (Å²) in [5.74, 6) is -0.0185. The summed E-state index contributed by atoms with van der Waals surface area (Å²) in [6, 6.07) is 8.70. The molecule has 0 unspecified atom stereocenters. The average molecular weight is 443 g/mol. The van der Waals surface area contributed by atoms with Gasteiger partial charge in [-0.1, -0.05) is 12.1 Å². The van der Waals surface area contributed by atoms with Gasteiger partial charge in [0, 0.05) is 30.9 Å². The van der Waals surface area contributed by atoms with Crippen LogP contribution in [0.4, 0.5) is 0 Å². The van der Waals surface area contributed by atoms with E-state index in [1.54, 1.807) is 28.8 Å². The molecular formula is C22H26N4O4S. The molecule has 1 fully saturated rings. The summed E-state index contributed by atoms with van der Waals surface area (Å²) >= 11 is 0. The Labute approximate surface area is 181 Å². The Morgan fingerprint density at radius 3 is 2.45 bits per heavy atom. The van der Waals surface area contributed by atoms with E-state index in [1.807, 2.05) is 26.8 Å². The molecule has 4 rings (SSSR count). The zero-order valence-electron chi connectivity index (χ0n) is 18.0. The number of hydrogen-bond acceptors (Lipinski definition) is 6. The Hall–Kier alpha value is -2.62. The first kappa shape index (κ1) is 21.6. The number of aromatic nitrogens is 3. The summed E-state index contributed by atoms with van der Waals surface area (Å²) < 4.78 is 33.9. The molecule has 3 aromatic rings. The summed E-state index contributed by atoms with van der Waals surface area (Å²) in [4.78, 5) is 17.7. The van der Waals surface area contributed by atoms with E-state index in [2.05, 4.69) is 10.1 Å². The Kier molecular flexibility index (Phi) is 5.92. The van der Waals surface area contributed by atoms with E-state index < -0.39 is 10.0 Å². The summed E-state index contributed by atoms with van der Waals surface area (Å²) in [6.07, 6.45) is 0.810. The maximum atomic E-state index is 13.0. The van der Waals surface area contributed by atoms with Gasteiger partial charge in [0.1, 0.15) is 0 Å². The van der Waals surface area contributed by atoms with Crippen LogP contribution >= 0.6 is 0 Å². The molecule has 1 aliphatic heterocycles. The van der Waals surface area contributed by atoms with Gasteiger partial charge in [0.15, 0.2) is 11.4 Å². The number of morpholine rings is 1. The predicted octanol–water partition coefficient (Wildman–Crippen LogP) is 2.49. The number of Topliss-reactive ketones (excluding diaryl/α,β-unsaturated/α-hetero) is 1. The van der Waals surface area contributed by atoms with Gasteiger partial charge in [-0.2, -0.15) is 9.40 Å². The first-order valence-electron chi connectivity index (χ1n) is 10.3. The van der Waals surface area contributed by atoms with Gasteiger partial charge in [0.2, 0.25) is 10.0 Å². The largest absolute Gasteiger partial charge is 0.379 e. The van der Waals surface area contributed by atoms with E-state index in [4.69, 9.17) is 4.74 Å². The van der Waals surface area contributed by atoms with Crippen LogP contribution < -0.4 is 0 Å². The summed E-state index contributed by atoms with van der Waals surface area (Å²) in [5, 5.41) is 4.47. The fraction of sp³-hybridized carbons (Fsp3) is 0.409. The standard InChI is InChI=1S/C22H26N4O4S/c1-15-14-16(2)26-22(23-15)21(17(3)24-26)20(27)9-6-18-4-7-19(8-5-18)31(28,29)25-10-12-30-13-11-25/h4-5,7-8,14H,6,9-13H2,1-3H3. The average Bonchev–Trinajstić information content (AvgIpc) is 3.09. The first-order chi connectivity index (χ1) is 14.8. The topological polar surface area (TPSA) is 93.9 Å². The lowest BCUT2D eigenvalue weighted by Crippen LogP contribution is -2.40. The molecule has 0 aliphatic carbocycles. The smallest absolute Gasteiger partial charge is 0.243 e. The number of ketones is 1. The van der Waals surface area contributed by atoms with Gasteiger partial charge < -0.3 is 4.74 Å². The third-order valence-electron chi connectivity index (χ3n) is 5.52. The second kappa shape index (κ2) is 8.49. The molecule has 2 aromatic heterocycles. The highest BCUT2D eigenvalue weighted by Gasteiger charge is 2.26. The monoisotopic (exact) mass is 442 g/mol. The summed E-state index contributed by atoms with van der Waals surface area (Å²) in [5.41, 5.74) is 4.49. The molecule has 0 amide bonds. The molecule has 9 heteroatoms. The number of nitrogens with zero attached hydrogens (tertiary/aromatic N) is 4. The number of benzene rings is 1. The number of aryl methyl sites for hydroxylation is 4. The molecule has 1 aromatic carbocycles. The normalized spacial score (nSPS) is 15.5. The van der Waals surface area contributed by atoms with Crippen molar-refractivity contribution in [3.8, 4) is 0 Å². The van der Waals surface area contributed by atoms with E-state index >= 15 is 0 Å². The highest BCUT2D eigenvalue weighted by atomic mass is 32.2. The van der Waals surface area contributed by atoms with Gasteiger partial charge in [-0.25, -0.2) is 17.9 Å². The second-order valence-electron chi connectivity index (χ2n) is 7.82. The van der Waals surface area contributed by atoms with Crippen molar-refractivity contribution in [2.45, 2.75) is 38.5 Å². The van der Waals surface area contributed by atoms with Gasteiger partial charge in [0.25, 0.3) is 0 Å². The molecule has 8 nitrogen and oxygen atoms in total. The molecule has 0 saturated carbocycles. The van der Waals surface area contributed by atoms with Crippen LogP contribution in [0.25, 0.3) is 5.65 Å². The lowest BCUT2D eigenvalue weighted by molar-refractivity contribution is 0.0730. The van der Waals surface area contributed by atoms with Crippen molar-refractivity contribution in [3.05, 3.63) is 58.5 Å². The number of carbonyl (C=O) groups is 1. The summed E-state index contributed by atoms with van der Waals surface area (Å²) in [7, 11) is -3.52. The highest BCUT2D eigenvalue weighted by Crippen LogP contribution is 2.21. The van der Waals surface area contributed by atoms with E-state index in [1.165, 1.54) is 4.31 Å². The minimum atomic E-state index is -3.52. The molecule has 31 heavy (non-hydrogen) atoms. The lowest BCUT2D eigenvalue weighted by Gasteiger charge is -2.26. The van der Waals surface area contributed by atoms with Crippen molar-refractivity contribution >= 4 is 21.5 Å². The Bertz CT molecular complexity index is 1230. The second-order valence-corrected chi connectivity index (χ2v) is 9.76. The van der Waals surface area contributed by atoms with Gasteiger partial charge in [-0.3, -0.25) is 4.79 Å². The zero-order chi connectivity index (χ0) is 22.2. The van der Waals surface area contributed by atoms with Crippen molar-refractivity contribution < 1.29 is 17.9 Å². The van der Waals surface area contributed by atoms with Crippen LogP contribution in [0.1, 0.15) is 39.4 Å². The van der Waals surface area contributed by atoms with Crippen LogP contribution in [-0.4, -0.2) is 59.4 Å². The molecule has 0 atom stereocenters. The minimum Gasteiger partial charge on any atom is -0.379 e. The van der Waals surface area contributed by atoms with Gasteiger partial charge >= 0.3 is 0 Å². The van der Waals surface area contributed by atoms with Gasteiger partial charge in [-0.05, 0) is 51.0 Å². The zero-order valence-corrected chi connectivity index (χ0v) is 18.8. The Morgan fingerprint density at radius 1 is 1.10 bits per heavy atom. The van der Waals surface area contributed by atoms with Crippen LogP contribution in [0.5, 0.6) is 0 Å². The molecular weight excluding hydrogens is 416 g/mol. The maximum Gasteiger partial charge on any atom is 0.243 e. The van der Waals surface area contributed by atoms with Crippen LogP contribution in [0.3, 0.4) is 0 Å². The molecule has 0 N–H and O–H groups in total. The van der Waals surface area contributed by atoms with Crippen LogP contribution in [0.15, 0.2) is 35.2 Å². The maximum absolute atomic E-state index is 13.0. The summed E-state index contributed by atoms with van der Waals surface area (Å²) in [6.45, 7) is 7.22. The van der Waals surface area contributed by atoms with Crippen molar-refractivity contribution in [2.75, 3.05) is 26.3 Å². The van der Waals surface area contributed by atoms with Crippen LogP contribution in [-0.2, 0) is 21.2 Å². The third-order valence-corrected chi connectivity index (χ3v) is 7.43. The Morgan fingerprint density at radius 2 is 1.77 bits per heavy atom. The lowest BCUT2D eigenvalue weighted by atomic mass is 10.0. The minimum absolute atomic E-state index is 0.0185. The van der Waals surface area contributed by atoms with Crippen LogP contribution in [0.2, 0.25) is 0 Å². The number of fused-ring (bicyclic) bond motifs is 1. The molecule has 3 heterocycles. The highest BCUT2D eigenvalue weighted by molar-refractivity contribution is 7.89. The molecule has 1 saturated heterocycles. The number of sulfonamides is 1. The van der Waals surface area contributed by atoms with Crippen molar-refractivity contribution in [1.82, 2.24) is 18.9 Å². The molecule has 0 bridgehead atoms. The predicted molar refractivity (Wildman–Crippen MR) is 116 cm³/mol. The van der Waals surface area contributed by atoms with Crippen molar-refractivity contribution in [3.63, 3.8) is 0 Å². The fourth-order valence-electron chi connectivity index (χ4n) is 3.90.